The summed E-state index contributed by atoms with van der Waals surface area (Å²) in [7, 11) is -2.57. The van der Waals surface area contributed by atoms with Crippen molar-refractivity contribution < 1.29 is 37.0 Å². The van der Waals surface area contributed by atoms with Crippen LogP contribution in [0.1, 0.15) is 61.0 Å². The SMILES string of the molecule is COCC[C@@H]1[C@@H](C)C/C=C/C(OC(C)=O)[C@@H]2CO[C@H]2CN2C[C@@]3(CCCc4cc(Cl)ccc43)COc3ccc(cc32)C(=O)NS1(=O)=O. The Morgan fingerprint density at radius 2 is 2.04 bits per heavy atom. The van der Waals surface area contributed by atoms with Crippen molar-refractivity contribution in [2.75, 3.05) is 44.9 Å². The summed E-state index contributed by atoms with van der Waals surface area (Å²) in [6.07, 6.45) is 6.31. The first kappa shape index (κ1) is 33.8. The molecule has 1 unspecified atom stereocenters. The number of hydrogen-bond donors (Lipinski definition) is 1. The summed E-state index contributed by atoms with van der Waals surface area (Å²) >= 11 is 6.40. The summed E-state index contributed by atoms with van der Waals surface area (Å²) in [6.45, 7) is 5.31. The van der Waals surface area contributed by atoms with Gasteiger partial charge >= 0.3 is 5.97 Å². The van der Waals surface area contributed by atoms with E-state index in [0.29, 0.717) is 49.2 Å². The summed E-state index contributed by atoms with van der Waals surface area (Å²) in [6, 6.07) is 11.1. The van der Waals surface area contributed by atoms with E-state index in [2.05, 4.69) is 15.7 Å². The van der Waals surface area contributed by atoms with Gasteiger partial charge in [0, 0.05) is 49.7 Å². The molecule has 2 aromatic carbocycles. The van der Waals surface area contributed by atoms with Crippen LogP contribution in [0, 0.1) is 11.8 Å². The first-order valence-corrected chi connectivity index (χ1v) is 18.2. The zero-order valence-electron chi connectivity index (χ0n) is 27.1. The number of rotatable bonds is 4. The number of sulfonamides is 1. The highest BCUT2D eigenvalue weighted by Crippen LogP contribution is 2.45. The van der Waals surface area contributed by atoms with Gasteiger partial charge in [-0.25, -0.2) is 13.1 Å². The molecule has 1 amide bonds. The molecule has 254 valence electrons. The van der Waals surface area contributed by atoms with E-state index in [4.69, 9.17) is 30.5 Å². The molecule has 47 heavy (non-hydrogen) atoms. The molecule has 1 spiro atoms. The van der Waals surface area contributed by atoms with Crippen molar-refractivity contribution in [2.24, 2.45) is 11.8 Å². The molecule has 0 radical (unpaired) electrons. The highest BCUT2D eigenvalue weighted by molar-refractivity contribution is 7.90. The predicted octanol–water partition coefficient (Wildman–Crippen LogP) is 4.82. The van der Waals surface area contributed by atoms with Gasteiger partial charge in [-0.3, -0.25) is 9.59 Å². The number of hydrogen-bond acceptors (Lipinski definition) is 9. The van der Waals surface area contributed by atoms with Crippen molar-refractivity contribution in [2.45, 2.75) is 68.8 Å². The van der Waals surface area contributed by atoms with E-state index in [0.717, 1.165) is 19.3 Å². The first-order valence-electron chi connectivity index (χ1n) is 16.3. The molecule has 0 saturated carbocycles. The van der Waals surface area contributed by atoms with Gasteiger partial charge in [0.05, 0.1) is 36.2 Å². The third-order valence-corrected chi connectivity index (χ3v) is 12.3. The lowest BCUT2D eigenvalue weighted by Crippen LogP contribution is -2.55. The summed E-state index contributed by atoms with van der Waals surface area (Å²) in [5.41, 5.74) is 2.93. The Morgan fingerprint density at radius 1 is 1.21 bits per heavy atom. The van der Waals surface area contributed by atoms with Crippen LogP contribution >= 0.6 is 11.6 Å². The van der Waals surface area contributed by atoms with Crippen LogP contribution in [0.15, 0.2) is 48.6 Å². The lowest BCUT2D eigenvalue weighted by Gasteiger charge is -2.45. The van der Waals surface area contributed by atoms with Gasteiger partial charge in [0.15, 0.2) is 0 Å². The maximum absolute atomic E-state index is 13.7. The number of esters is 1. The number of amides is 1. The number of carbonyl (C=O) groups is 2. The van der Waals surface area contributed by atoms with Crippen LogP contribution in [-0.4, -0.2) is 77.8 Å². The zero-order valence-corrected chi connectivity index (χ0v) is 28.6. The highest BCUT2D eigenvalue weighted by atomic mass is 35.5. The standard InChI is InChI=1S/C35H43ClN2O8S/c1-22-6-4-8-30(46-23(2)39)27-19-44-32(27)18-38-20-35(14-5-7-24-16-26(36)10-11-28(24)35)21-45-31-12-9-25(17-29(31)38)34(40)37-47(41,42)33(22)13-15-43-3/h4,8-12,16-17,22,27,30,32-33H,5-7,13-15,18-21H2,1-3H3,(H,37,40)/b8-4+/t22-,27-,30?,32-,33+,35-/m0/s1. The van der Waals surface area contributed by atoms with E-state index in [9.17, 15) is 18.0 Å². The van der Waals surface area contributed by atoms with Crippen molar-refractivity contribution >= 4 is 39.2 Å². The average Bonchev–Trinajstić information content (AvgIpc) is 3.15. The molecule has 6 rings (SSSR count). The third kappa shape index (κ3) is 7.04. The second kappa shape index (κ2) is 13.8. The van der Waals surface area contributed by atoms with Crippen molar-refractivity contribution in [3.8, 4) is 5.75 Å². The van der Waals surface area contributed by atoms with Gasteiger partial charge in [-0.2, -0.15) is 0 Å². The molecule has 4 aliphatic rings. The summed E-state index contributed by atoms with van der Waals surface area (Å²) in [5, 5.41) is -0.195. The molecule has 1 saturated heterocycles. The second-order valence-corrected chi connectivity index (χ2v) is 15.7. The molecule has 10 nitrogen and oxygen atoms in total. The number of methoxy groups -OCH3 is 1. The molecule has 3 heterocycles. The van der Waals surface area contributed by atoms with E-state index in [-0.39, 0.29) is 41.9 Å². The number of fused-ring (bicyclic) bond motifs is 4. The van der Waals surface area contributed by atoms with Crippen LogP contribution in [-0.2, 0) is 40.9 Å². The Morgan fingerprint density at radius 3 is 2.79 bits per heavy atom. The van der Waals surface area contributed by atoms with Gasteiger partial charge < -0.3 is 23.8 Å². The summed E-state index contributed by atoms with van der Waals surface area (Å²) < 4.78 is 53.4. The van der Waals surface area contributed by atoms with Crippen LogP contribution in [0.25, 0.3) is 0 Å². The maximum atomic E-state index is 13.7. The third-order valence-electron chi connectivity index (χ3n) is 10.1. The quantitative estimate of drug-likeness (QED) is 0.357. The number of nitrogens with one attached hydrogen (secondary N) is 1. The van der Waals surface area contributed by atoms with Gasteiger partial charge in [-0.05, 0) is 85.6 Å². The van der Waals surface area contributed by atoms with Crippen molar-refractivity contribution in [3.63, 3.8) is 0 Å². The van der Waals surface area contributed by atoms with Crippen molar-refractivity contribution in [3.05, 3.63) is 70.3 Å². The number of aryl methyl sites for hydroxylation is 1. The minimum atomic E-state index is -4.09. The molecule has 1 aliphatic carbocycles. The summed E-state index contributed by atoms with van der Waals surface area (Å²) in [5.74, 6) is -0.965. The van der Waals surface area contributed by atoms with Gasteiger partial charge in [-0.1, -0.05) is 30.7 Å². The molecule has 2 bridgehead atoms. The number of benzene rings is 2. The predicted molar refractivity (Wildman–Crippen MR) is 179 cm³/mol. The maximum Gasteiger partial charge on any atom is 0.303 e. The second-order valence-electron chi connectivity index (χ2n) is 13.3. The van der Waals surface area contributed by atoms with Gasteiger partial charge in [0.25, 0.3) is 5.91 Å². The van der Waals surface area contributed by atoms with Gasteiger partial charge in [-0.15, -0.1) is 0 Å². The lowest BCUT2D eigenvalue weighted by molar-refractivity contribution is -0.171. The lowest BCUT2D eigenvalue weighted by atomic mass is 9.70. The van der Waals surface area contributed by atoms with Crippen molar-refractivity contribution in [1.29, 1.82) is 0 Å². The Labute approximate surface area is 281 Å². The molecule has 1 N–H and O–H groups in total. The van der Waals surface area contributed by atoms with Crippen LogP contribution in [0.5, 0.6) is 5.75 Å². The molecule has 3 aliphatic heterocycles. The molecule has 2 aromatic rings. The van der Waals surface area contributed by atoms with Crippen LogP contribution in [0.3, 0.4) is 0 Å². The Hall–Kier alpha value is -3.12. The number of nitrogens with zero attached hydrogens (tertiary/aromatic N) is 1. The minimum absolute atomic E-state index is 0.112. The fraction of sp³-hybridized carbons (Fsp3) is 0.543. The summed E-state index contributed by atoms with van der Waals surface area (Å²) in [4.78, 5) is 28.0. The minimum Gasteiger partial charge on any atom is -0.490 e. The van der Waals surface area contributed by atoms with Crippen LogP contribution in [0.4, 0.5) is 5.69 Å². The van der Waals surface area contributed by atoms with Gasteiger partial charge in [0.1, 0.15) is 11.9 Å². The average molecular weight is 687 g/mol. The van der Waals surface area contributed by atoms with E-state index in [1.165, 1.54) is 25.2 Å². The Balaban J connectivity index is 1.43. The molecule has 0 aromatic heterocycles. The van der Waals surface area contributed by atoms with Crippen LogP contribution in [0.2, 0.25) is 5.02 Å². The monoisotopic (exact) mass is 686 g/mol. The number of allylic oxidation sites excluding steroid dienone is 1. The fourth-order valence-corrected chi connectivity index (χ4v) is 9.45. The molecular weight excluding hydrogens is 644 g/mol. The number of ether oxygens (including phenoxy) is 4. The largest absolute Gasteiger partial charge is 0.490 e. The highest BCUT2D eigenvalue weighted by Gasteiger charge is 2.45. The number of carbonyl (C=O) groups excluding carboxylic acids is 2. The number of halogens is 1. The van der Waals surface area contributed by atoms with E-state index >= 15 is 0 Å². The van der Waals surface area contributed by atoms with E-state index in [1.807, 2.05) is 31.2 Å². The first-order chi connectivity index (χ1) is 22.5. The molecule has 6 atom stereocenters. The number of anilines is 1. The molecule has 12 heteroatoms. The Bertz CT molecular complexity index is 1650. The zero-order chi connectivity index (χ0) is 33.3. The normalized spacial score (nSPS) is 30.9. The smallest absolute Gasteiger partial charge is 0.303 e. The Kier molecular flexibility index (Phi) is 9.90. The fourth-order valence-electron chi connectivity index (χ4n) is 7.59. The van der Waals surface area contributed by atoms with Crippen LogP contribution < -0.4 is 14.4 Å². The molecular formula is C35H43ClN2O8S. The molecule has 1 fully saturated rings. The van der Waals surface area contributed by atoms with E-state index in [1.54, 1.807) is 18.2 Å². The van der Waals surface area contributed by atoms with E-state index < -0.39 is 33.3 Å². The van der Waals surface area contributed by atoms with Crippen molar-refractivity contribution in [1.82, 2.24) is 4.72 Å². The van der Waals surface area contributed by atoms with Gasteiger partial charge in [0.2, 0.25) is 10.0 Å². The topological polar surface area (TPSA) is 120 Å².